The second-order valence-corrected chi connectivity index (χ2v) is 7.05. The van der Waals surface area contributed by atoms with Crippen LogP contribution in [-0.4, -0.2) is 28.0 Å². The Kier molecular flexibility index (Phi) is 9.22. The fraction of sp³-hybridized carbons (Fsp3) is 1.00. The Hall–Kier alpha value is 0.0969. The molecule has 0 radical (unpaired) electrons. The van der Waals surface area contributed by atoms with Crippen molar-refractivity contribution in [1.29, 1.82) is 0 Å². The van der Waals surface area contributed by atoms with Crippen LogP contribution in [0.25, 0.3) is 0 Å². The summed E-state index contributed by atoms with van der Waals surface area (Å²) in [6.07, 6.45) is 3.48. The van der Waals surface area contributed by atoms with Crippen molar-refractivity contribution in [3.8, 4) is 0 Å². The molecule has 0 aliphatic heterocycles. The fourth-order valence-corrected chi connectivity index (χ4v) is 5.08. The van der Waals surface area contributed by atoms with Crippen molar-refractivity contribution in [1.82, 2.24) is 4.98 Å². The quantitative estimate of drug-likeness (QED) is 0.601. The van der Waals surface area contributed by atoms with E-state index in [1.807, 2.05) is 13.8 Å². The molecule has 0 saturated heterocycles. The molecule has 4 heteroatoms. The van der Waals surface area contributed by atoms with Gasteiger partial charge in [0.15, 0.2) is 0 Å². The van der Waals surface area contributed by atoms with Crippen LogP contribution in [0.1, 0.15) is 53.9 Å². The lowest BCUT2D eigenvalue weighted by atomic mass is 10.3. The Morgan fingerprint density at radius 1 is 1.06 bits per heavy atom. The molecule has 1 atom stereocenters. The number of hydrogen-bond acceptors (Lipinski definition) is 3. The first kappa shape index (κ1) is 16.1. The third kappa shape index (κ3) is 5.99. The van der Waals surface area contributed by atoms with Gasteiger partial charge in [-0.15, -0.1) is 0 Å². The highest BCUT2D eigenvalue weighted by molar-refractivity contribution is 6.64. The summed E-state index contributed by atoms with van der Waals surface area (Å²) in [5.41, 5.74) is 0. The minimum absolute atomic E-state index is 0.474. The number of hydrogen-bond donors (Lipinski definition) is 1. The van der Waals surface area contributed by atoms with Gasteiger partial charge in [-0.05, 0) is 20.3 Å². The van der Waals surface area contributed by atoms with Crippen LogP contribution in [0.4, 0.5) is 0 Å². The maximum Gasteiger partial charge on any atom is 0.425 e. The molecule has 3 nitrogen and oxygen atoms in total. The normalized spacial score (nSPS) is 14.1. The lowest BCUT2D eigenvalue weighted by molar-refractivity contribution is 0.165. The third-order valence-corrected chi connectivity index (χ3v) is 6.15. The SMILES string of the molecule is CCCC[Si](NC(C)CC)(OCC)OCC. The average Bonchev–Trinajstić information content (AvgIpc) is 2.27. The molecule has 0 amide bonds. The third-order valence-electron chi connectivity index (χ3n) is 2.69. The van der Waals surface area contributed by atoms with E-state index in [4.69, 9.17) is 8.85 Å². The van der Waals surface area contributed by atoms with Crippen LogP contribution in [0.15, 0.2) is 0 Å². The first-order valence-corrected chi connectivity index (χ1v) is 8.72. The first-order chi connectivity index (χ1) is 7.64. The number of nitrogens with one attached hydrogen (secondary N) is 1. The van der Waals surface area contributed by atoms with E-state index in [9.17, 15) is 0 Å². The topological polar surface area (TPSA) is 30.5 Å². The van der Waals surface area contributed by atoms with E-state index >= 15 is 0 Å². The predicted molar refractivity (Wildman–Crippen MR) is 71.6 cm³/mol. The Balaban J connectivity index is 4.48. The van der Waals surface area contributed by atoms with Crippen LogP contribution in [0.5, 0.6) is 0 Å². The lowest BCUT2D eigenvalue weighted by Gasteiger charge is -2.32. The van der Waals surface area contributed by atoms with Crippen molar-refractivity contribution in [2.45, 2.75) is 66.0 Å². The zero-order valence-electron chi connectivity index (χ0n) is 11.6. The van der Waals surface area contributed by atoms with Gasteiger partial charge >= 0.3 is 8.72 Å². The second kappa shape index (κ2) is 9.16. The molecular weight excluding hydrogens is 218 g/mol. The summed E-state index contributed by atoms with van der Waals surface area (Å²) in [6.45, 7) is 12.2. The second-order valence-electron chi connectivity index (χ2n) is 4.18. The Morgan fingerprint density at radius 3 is 2.00 bits per heavy atom. The van der Waals surface area contributed by atoms with E-state index in [2.05, 4.69) is 25.8 Å². The summed E-state index contributed by atoms with van der Waals surface area (Å²) in [7, 11) is -2.15. The van der Waals surface area contributed by atoms with Crippen molar-refractivity contribution >= 4 is 8.72 Å². The summed E-state index contributed by atoms with van der Waals surface area (Å²) in [6, 6.07) is 1.52. The van der Waals surface area contributed by atoms with Gasteiger partial charge in [0.05, 0.1) is 0 Å². The molecule has 98 valence electrons. The Morgan fingerprint density at radius 2 is 1.62 bits per heavy atom. The molecule has 0 fully saturated rings. The van der Waals surface area contributed by atoms with Gasteiger partial charge in [-0.2, -0.15) is 0 Å². The van der Waals surface area contributed by atoms with Gasteiger partial charge in [-0.25, -0.2) is 0 Å². The van der Waals surface area contributed by atoms with Crippen molar-refractivity contribution in [3.63, 3.8) is 0 Å². The predicted octanol–water partition coefficient (Wildman–Crippen LogP) is 3.19. The van der Waals surface area contributed by atoms with E-state index < -0.39 is 8.72 Å². The summed E-state index contributed by atoms with van der Waals surface area (Å²) < 4.78 is 11.9. The summed E-state index contributed by atoms with van der Waals surface area (Å²) in [5, 5.41) is 0. The van der Waals surface area contributed by atoms with Gasteiger partial charge in [0.1, 0.15) is 0 Å². The van der Waals surface area contributed by atoms with Crippen molar-refractivity contribution in [3.05, 3.63) is 0 Å². The zero-order chi connectivity index (χ0) is 12.4. The number of unbranched alkanes of at least 4 members (excludes halogenated alkanes) is 1. The maximum absolute atomic E-state index is 5.95. The van der Waals surface area contributed by atoms with Crippen LogP contribution in [0.3, 0.4) is 0 Å². The molecule has 0 aromatic carbocycles. The van der Waals surface area contributed by atoms with Crippen LogP contribution in [-0.2, 0) is 8.85 Å². The molecule has 0 saturated carbocycles. The molecule has 0 aromatic heterocycles. The maximum atomic E-state index is 5.95. The highest BCUT2D eigenvalue weighted by Crippen LogP contribution is 2.16. The summed E-state index contributed by atoms with van der Waals surface area (Å²) in [4.78, 5) is 3.61. The van der Waals surface area contributed by atoms with Crippen LogP contribution in [0, 0.1) is 0 Å². The molecule has 0 aromatic rings. The minimum Gasteiger partial charge on any atom is -0.383 e. The van der Waals surface area contributed by atoms with Gasteiger partial charge < -0.3 is 8.85 Å². The van der Waals surface area contributed by atoms with Crippen LogP contribution in [0.2, 0.25) is 6.04 Å². The molecule has 0 bridgehead atoms. The molecule has 1 N–H and O–H groups in total. The molecule has 0 rings (SSSR count). The summed E-state index contributed by atoms with van der Waals surface area (Å²) >= 11 is 0. The zero-order valence-corrected chi connectivity index (χ0v) is 12.6. The first-order valence-electron chi connectivity index (χ1n) is 6.69. The van der Waals surface area contributed by atoms with E-state index in [0.29, 0.717) is 6.04 Å². The molecule has 0 aliphatic carbocycles. The largest absolute Gasteiger partial charge is 0.425 e. The van der Waals surface area contributed by atoms with E-state index in [1.165, 1.54) is 12.8 Å². The Bertz CT molecular complexity index is 161. The molecule has 16 heavy (non-hydrogen) atoms. The standard InChI is InChI=1S/C12H29NO2Si/c1-6-10-11-16(14-8-3,15-9-4)13-12(5)7-2/h12-13H,6-11H2,1-5H3. The van der Waals surface area contributed by atoms with Crippen LogP contribution < -0.4 is 4.98 Å². The van der Waals surface area contributed by atoms with Crippen molar-refractivity contribution < 1.29 is 8.85 Å². The fourth-order valence-electron chi connectivity index (χ4n) is 1.69. The van der Waals surface area contributed by atoms with E-state index in [0.717, 1.165) is 25.7 Å². The monoisotopic (exact) mass is 247 g/mol. The minimum atomic E-state index is -2.15. The highest BCUT2D eigenvalue weighted by atomic mass is 28.4. The molecular formula is C12H29NO2Si. The number of rotatable bonds is 10. The van der Waals surface area contributed by atoms with Crippen LogP contribution >= 0.6 is 0 Å². The molecule has 0 heterocycles. The average molecular weight is 247 g/mol. The van der Waals surface area contributed by atoms with E-state index in [1.54, 1.807) is 0 Å². The molecule has 0 aliphatic rings. The highest BCUT2D eigenvalue weighted by Gasteiger charge is 2.38. The lowest BCUT2D eigenvalue weighted by Crippen LogP contribution is -2.59. The molecule has 1 unspecified atom stereocenters. The molecule has 0 spiro atoms. The van der Waals surface area contributed by atoms with E-state index in [-0.39, 0.29) is 0 Å². The van der Waals surface area contributed by atoms with Gasteiger partial charge in [0.2, 0.25) is 0 Å². The van der Waals surface area contributed by atoms with Crippen molar-refractivity contribution in [2.75, 3.05) is 13.2 Å². The smallest absolute Gasteiger partial charge is 0.383 e. The Labute approximate surface area is 102 Å². The van der Waals surface area contributed by atoms with Gasteiger partial charge in [0, 0.05) is 25.3 Å². The van der Waals surface area contributed by atoms with Gasteiger partial charge in [-0.3, -0.25) is 4.98 Å². The van der Waals surface area contributed by atoms with Gasteiger partial charge in [0.25, 0.3) is 0 Å². The van der Waals surface area contributed by atoms with Crippen molar-refractivity contribution in [2.24, 2.45) is 0 Å². The summed E-state index contributed by atoms with van der Waals surface area (Å²) in [5.74, 6) is 0. The van der Waals surface area contributed by atoms with Gasteiger partial charge in [-0.1, -0.05) is 33.6 Å².